The number of fused-ring (bicyclic) bond motifs is 2. The first-order valence-electron chi connectivity index (χ1n) is 7.97. The van der Waals surface area contributed by atoms with E-state index in [-0.39, 0.29) is 5.84 Å². The molecule has 2 saturated carbocycles. The summed E-state index contributed by atoms with van der Waals surface area (Å²) in [4.78, 5) is 0. The summed E-state index contributed by atoms with van der Waals surface area (Å²) in [6.07, 6.45) is 5.74. The van der Waals surface area contributed by atoms with Crippen LogP contribution in [0.4, 0.5) is 0 Å². The van der Waals surface area contributed by atoms with Crippen LogP contribution >= 0.6 is 0 Å². The minimum Gasteiger partial charge on any atom is -0.409 e. The molecule has 4 nitrogen and oxygen atoms in total. The van der Waals surface area contributed by atoms with Gasteiger partial charge < -0.3 is 16.3 Å². The summed E-state index contributed by atoms with van der Waals surface area (Å²) in [5.41, 5.74) is 7.58. The Morgan fingerprint density at radius 2 is 2.29 bits per heavy atom. The molecule has 4 atom stereocenters. The van der Waals surface area contributed by atoms with Crippen molar-refractivity contribution in [3.05, 3.63) is 35.4 Å². The summed E-state index contributed by atoms with van der Waals surface area (Å²) in [5.74, 6) is 2.95. The van der Waals surface area contributed by atoms with Gasteiger partial charge in [-0.2, -0.15) is 0 Å². The van der Waals surface area contributed by atoms with E-state index in [2.05, 4.69) is 23.5 Å². The Hall–Kier alpha value is -1.55. The summed E-state index contributed by atoms with van der Waals surface area (Å²) in [6.45, 7) is 3.15. The van der Waals surface area contributed by atoms with E-state index in [1.807, 2.05) is 18.2 Å². The molecule has 114 valence electrons. The van der Waals surface area contributed by atoms with Crippen molar-refractivity contribution in [2.24, 2.45) is 28.6 Å². The van der Waals surface area contributed by atoms with Gasteiger partial charge in [-0.15, -0.1) is 0 Å². The van der Waals surface area contributed by atoms with Crippen LogP contribution in [0.1, 0.15) is 43.7 Å². The molecule has 0 heterocycles. The lowest BCUT2D eigenvalue weighted by Gasteiger charge is -2.28. The summed E-state index contributed by atoms with van der Waals surface area (Å²) in [7, 11) is 0. The maximum atomic E-state index is 8.75. The Kier molecular flexibility index (Phi) is 4.15. The molecule has 0 aliphatic heterocycles. The van der Waals surface area contributed by atoms with Gasteiger partial charge in [-0.05, 0) is 55.6 Å². The maximum absolute atomic E-state index is 8.75. The lowest BCUT2D eigenvalue weighted by Crippen LogP contribution is -2.35. The van der Waals surface area contributed by atoms with E-state index in [0.29, 0.717) is 6.04 Å². The van der Waals surface area contributed by atoms with Crippen LogP contribution in [0.15, 0.2) is 29.4 Å². The molecule has 1 aromatic rings. The number of oxime groups is 1. The second-order valence-corrected chi connectivity index (χ2v) is 6.69. The number of rotatable bonds is 5. The first kappa shape index (κ1) is 14.4. The number of hydrogen-bond acceptors (Lipinski definition) is 3. The van der Waals surface area contributed by atoms with Gasteiger partial charge in [0.15, 0.2) is 5.84 Å². The standard InChI is InChI=1S/C17H25N3O/c1-11(16-9-12-5-6-14(16)7-12)19-10-13-3-2-4-15(8-13)17(18)20-21/h2-4,8,11-12,14,16,19,21H,5-7,9-10H2,1H3,(H2,18,20). The number of nitrogens with two attached hydrogens (primary N) is 1. The van der Waals surface area contributed by atoms with Gasteiger partial charge in [0, 0.05) is 18.2 Å². The van der Waals surface area contributed by atoms with Crippen molar-refractivity contribution >= 4 is 5.84 Å². The van der Waals surface area contributed by atoms with Crippen molar-refractivity contribution in [1.29, 1.82) is 0 Å². The van der Waals surface area contributed by atoms with Gasteiger partial charge in [0.05, 0.1) is 0 Å². The van der Waals surface area contributed by atoms with Gasteiger partial charge in [0.1, 0.15) is 0 Å². The fourth-order valence-corrected chi connectivity index (χ4v) is 4.23. The highest BCUT2D eigenvalue weighted by molar-refractivity contribution is 5.97. The Bertz CT molecular complexity index is 529. The molecular weight excluding hydrogens is 262 g/mol. The molecule has 0 amide bonds. The molecule has 1 aromatic carbocycles. The Morgan fingerprint density at radius 3 is 2.95 bits per heavy atom. The van der Waals surface area contributed by atoms with Crippen LogP contribution in [0, 0.1) is 17.8 Å². The number of nitrogens with zero attached hydrogens (tertiary/aromatic N) is 1. The third-order valence-corrected chi connectivity index (χ3v) is 5.39. The van der Waals surface area contributed by atoms with Crippen LogP contribution in [0.25, 0.3) is 0 Å². The highest BCUT2D eigenvalue weighted by atomic mass is 16.4. The van der Waals surface area contributed by atoms with Gasteiger partial charge >= 0.3 is 0 Å². The van der Waals surface area contributed by atoms with Crippen molar-refractivity contribution in [3.8, 4) is 0 Å². The first-order chi connectivity index (χ1) is 10.2. The summed E-state index contributed by atoms with van der Waals surface area (Å²) in [5, 5.41) is 15.5. The van der Waals surface area contributed by atoms with E-state index in [1.165, 1.54) is 31.2 Å². The Balaban J connectivity index is 1.57. The van der Waals surface area contributed by atoms with Crippen LogP contribution in [-0.2, 0) is 6.54 Å². The van der Waals surface area contributed by atoms with E-state index in [1.54, 1.807) is 0 Å². The van der Waals surface area contributed by atoms with Gasteiger partial charge in [-0.25, -0.2) is 0 Å². The smallest absolute Gasteiger partial charge is 0.170 e. The van der Waals surface area contributed by atoms with Gasteiger partial charge in [-0.1, -0.05) is 29.8 Å². The largest absolute Gasteiger partial charge is 0.409 e. The van der Waals surface area contributed by atoms with Crippen LogP contribution < -0.4 is 11.1 Å². The van der Waals surface area contributed by atoms with E-state index in [9.17, 15) is 0 Å². The third kappa shape index (κ3) is 3.05. The van der Waals surface area contributed by atoms with Gasteiger partial charge in [0.2, 0.25) is 0 Å². The molecule has 4 N–H and O–H groups in total. The molecule has 0 saturated heterocycles. The molecular formula is C17H25N3O. The van der Waals surface area contributed by atoms with E-state index >= 15 is 0 Å². The highest BCUT2D eigenvalue weighted by Gasteiger charge is 2.41. The fraction of sp³-hybridized carbons (Fsp3) is 0.588. The lowest BCUT2D eigenvalue weighted by molar-refractivity contribution is 0.259. The second-order valence-electron chi connectivity index (χ2n) is 6.69. The average Bonchev–Trinajstić information content (AvgIpc) is 3.15. The van der Waals surface area contributed by atoms with Crippen molar-refractivity contribution in [3.63, 3.8) is 0 Å². The Labute approximate surface area is 126 Å². The molecule has 21 heavy (non-hydrogen) atoms. The van der Waals surface area contributed by atoms with Crippen molar-refractivity contribution in [2.75, 3.05) is 0 Å². The molecule has 3 rings (SSSR count). The van der Waals surface area contributed by atoms with Crippen LogP contribution in [0.3, 0.4) is 0 Å². The maximum Gasteiger partial charge on any atom is 0.170 e. The molecule has 0 spiro atoms. The quantitative estimate of drug-likeness (QED) is 0.337. The minimum atomic E-state index is 0.165. The number of hydrogen-bond donors (Lipinski definition) is 3. The molecule has 0 aromatic heterocycles. The normalized spacial score (nSPS) is 29.8. The number of nitrogens with one attached hydrogen (secondary N) is 1. The van der Waals surface area contributed by atoms with Crippen LogP contribution in [0.5, 0.6) is 0 Å². The van der Waals surface area contributed by atoms with Gasteiger partial charge in [0.25, 0.3) is 0 Å². The molecule has 4 heteroatoms. The predicted molar refractivity (Wildman–Crippen MR) is 84.2 cm³/mol. The van der Waals surface area contributed by atoms with E-state index in [0.717, 1.165) is 29.9 Å². The van der Waals surface area contributed by atoms with Crippen molar-refractivity contribution in [1.82, 2.24) is 5.32 Å². The molecule has 2 aliphatic rings. The minimum absolute atomic E-state index is 0.165. The van der Waals surface area contributed by atoms with Crippen LogP contribution in [0.2, 0.25) is 0 Å². The molecule has 2 aliphatic carbocycles. The molecule has 2 bridgehead atoms. The molecule has 4 unspecified atom stereocenters. The predicted octanol–water partition coefficient (Wildman–Crippen LogP) is 2.70. The number of amidine groups is 1. The van der Waals surface area contributed by atoms with E-state index < -0.39 is 0 Å². The summed E-state index contributed by atoms with van der Waals surface area (Å²) < 4.78 is 0. The van der Waals surface area contributed by atoms with Crippen LogP contribution in [-0.4, -0.2) is 17.1 Å². The molecule has 2 fully saturated rings. The SMILES string of the molecule is CC(NCc1cccc(C(N)=NO)c1)C1CC2CCC1C2. The van der Waals surface area contributed by atoms with Gasteiger partial charge in [-0.3, -0.25) is 0 Å². The zero-order valence-corrected chi connectivity index (χ0v) is 12.6. The monoisotopic (exact) mass is 287 g/mol. The van der Waals surface area contributed by atoms with Crippen molar-refractivity contribution in [2.45, 2.75) is 45.2 Å². The second kappa shape index (κ2) is 6.06. The fourth-order valence-electron chi connectivity index (χ4n) is 4.23. The third-order valence-electron chi connectivity index (χ3n) is 5.39. The number of benzene rings is 1. The lowest BCUT2D eigenvalue weighted by atomic mass is 9.84. The summed E-state index contributed by atoms with van der Waals surface area (Å²) in [6, 6.07) is 8.43. The van der Waals surface area contributed by atoms with E-state index in [4.69, 9.17) is 10.9 Å². The Morgan fingerprint density at radius 1 is 1.43 bits per heavy atom. The topological polar surface area (TPSA) is 70.6 Å². The average molecular weight is 287 g/mol. The zero-order chi connectivity index (χ0) is 14.8. The van der Waals surface area contributed by atoms with Crippen molar-refractivity contribution < 1.29 is 5.21 Å². The highest BCUT2D eigenvalue weighted by Crippen LogP contribution is 2.49. The first-order valence-corrected chi connectivity index (χ1v) is 7.97. The molecule has 0 radical (unpaired) electrons. The zero-order valence-electron chi connectivity index (χ0n) is 12.6. The summed E-state index contributed by atoms with van der Waals surface area (Å²) >= 11 is 0.